The molecule has 0 unspecified atom stereocenters. The third kappa shape index (κ3) is 8.76. The Labute approximate surface area is 296 Å². The van der Waals surface area contributed by atoms with Crippen LogP contribution < -0.4 is 10.2 Å². The van der Waals surface area contributed by atoms with Crippen LogP contribution in [0.4, 0.5) is 25.1 Å². The van der Waals surface area contributed by atoms with Gasteiger partial charge in [-0.05, 0) is 77.7 Å². The van der Waals surface area contributed by atoms with Gasteiger partial charge in [0.25, 0.3) is 12.3 Å². The maximum absolute atomic E-state index is 14.1. The van der Waals surface area contributed by atoms with Gasteiger partial charge in [0.05, 0.1) is 31.1 Å². The molecule has 0 atom stereocenters. The number of aromatic nitrogens is 5. The molecule has 5 heterocycles. The number of piperidine rings is 1. The van der Waals surface area contributed by atoms with Crippen molar-refractivity contribution in [3.05, 3.63) is 35.9 Å². The zero-order valence-electron chi connectivity index (χ0n) is 29.9. The largest absolute Gasteiger partial charge is 0.444 e. The van der Waals surface area contributed by atoms with Crippen molar-refractivity contribution in [3.63, 3.8) is 0 Å². The fourth-order valence-corrected chi connectivity index (χ4v) is 7.14. The molecule has 3 aromatic heterocycles. The van der Waals surface area contributed by atoms with Crippen molar-refractivity contribution in [1.29, 1.82) is 0 Å². The Morgan fingerprint density at radius 3 is 2.43 bits per heavy atom. The first kappa shape index (κ1) is 36.5. The summed E-state index contributed by atoms with van der Waals surface area (Å²) in [7, 11) is 1.84. The van der Waals surface area contributed by atoms with Gasteiger partial charge in [-0.3, -0.25) is 14.3 Å². The Morgan fingerprint density at radius 1 is 1.06 bits per heavy atom. The fraction of sp³-hybridized carbons (Fsp3) is 0.657. The van der Waals surface area contributed by atoms with Gasteiger partial charge in [0.2, 0.25) is 5.91 Å². The number of amides is 3. The Bertz CT molecular complexity index is 1680. The van der Waals surface area contributed by atoms with E-state index >= 15 is 0 Å². The first-order chi connectivity index (χ1) is 24.4. The van der Waals surface area contributed by atoms with Gasteiger partial charge >= 0.3 is 6.09 Å². The molecule has 0 radical (unpaired) electrons. The molecule has 3 fully saturated rings. The number of hydrogen-bond acceptors (Lipinski definition) is 9. The van der Waals surface area contributed by atoms with E-state index in [2.05, 4.69) is 25.4 Å². The predicted molar refractivity (Wildman–Crippen MR) is 185 cm³/mol. The number of morpholine rings is 1. The average molecular weight is 714 g/mol. The molecule has 1 N–H and O–H groups in total. The van der Waals surface area contributed by atoms with E-state index in [1.54, 1.807) is 16.0 Å². The van der Waals surface area contributed by atoms with E-state index in [0.717, 1.165) is 19.3 Å². The van der Waals surface area contributed by atoms with Crippen LogP contribution in [0.5, 0.6) is 0 Å². The number of fused-ring (bicyclic) bond motifs is 1. The summed E-state index contributed by atoms with van der Waals surface area (Å²) in [6.07, 6.45) is 6.46. The number of carbonyl (C=O) groups is 3. The van der Waals surface area contributed by atoms with Crippen molar-refractivity contribution in [2.75, 3.05) is 63.2 Å². The summed E-state index contributed by atoms with van der Waals surface area (Å²) >= 11 is 0. The zero-order valence-corrected chi connectivity index (χ0v) is 29.9. The van der Waals surface area contributed by atoms with Gasteiger partial charge in [0.1, 0.15) is 17.0 Å². The van der Waals surface area contributed by atoms with Crippen molar-refractivity contribution >= 4 is 35.1 Å². The number of alkyl halides is 2. The standard InChI is InChI=1S/C35H49F2N9O5/c1-35(2,3)51-34(49)44-14-10-23(11-15-44)9-13-42(4)33(48)24-5-7-25(8-6-24)46-22-27(29(41-46)30(36)37)39-32(47)26-21-38-45-16-12-28(40-31(26)45)43-17-19-50-20-18-43/h12,16,21-25,30H,5-11,13-15,17-20H2,1-4H3,(H,39,47). The molecular formula is C35H49F2N9O5. The SMILES string of the molecule is CN(CCC1CCN(C(=O)OC(C)(C)C)CC1)C(=O)C1CCC(n2cc(NC(=O)c3cnn4ccc(N5CCOCC5)nc34)c(C(F)F)n2)CC1. The van der Waals surface area contributed by atoms with E-state index < -0.39 is 23.6 Å². The van der Waals surface area contributed by atoms with Crippen LogP contribution in [-0.4, -0.2) is 111 Å². The molecule has 16 heteroatoms. The van der Waals surface area contributed by atoms with E-state index in [4.69, 9.17) is 9.47 Å². The van der Waals surface area contributed by atoms with Crippen LogP contribution in [0.15, 0.2) is 24.7 Å². The minimum Gasteiger partial charge on any atom is -0.444 e. The number of hydrogen-bond donors (Lipinski definition) is 1. The summed E-state index contributed by atoms with van der Waals surface area (Å²) in [6, 6.07) is 1.64. The predicted octanol–water partition coefficient (Wildman–Crippen LogP) is 5.18. The van der Waals surface area contributed by atoms with Crippen LogP contribution in [0.3, 0.4) is 0 Å². The van der Waals surface area contributed by atoms with Gasteiger partial charge in [-0.25, -0.2) is 23.1 Å². The number of ether oxygens (including phenoxy) is 2. The number of likely N-dealkylation sites (tertiary alicyclic amines) is 1. The van der Waals surface area contributed by atoms with Crippen LogP contribution in [0.25, 0.3) is 5.65 Å². The molecule has 0 bridgehead atoms. The number of nitrogens with one attached hydrogen (secondary N) is 1. The molecule has 1 aliphatic carbocycles. The van der Waals surface area contributed by atoms with Crippen molar-refractivity contribution < 1.29 is 32.6 Å². The highest BCUT2D eigenvalue weighted by atomic mass is 19.3. The zero-order chi connectivity index (χ0) is 36.3. The highest BCUT2D eigenvalue weighted by Crippen LogP contribution is 2.36. The van der Waals surface area contributed by atoms with Crippen molar-refractivity contribution in [2.45, 2.75) is 83.8 Å². The molecule has 3 aliphatic rings. The van der Waals surface area contributed by atoms with Gasteiger partial charge in [-0.15, -0.1) is 0 Å². The number of anilines is 2. The summed E-state index contributed by atoms with van der Waals surface area (Å²) in [5.74, 6) is 0.461. The van der Waals surface area contributed by atoms with E-state index in [0.29, 0.717) is 89.0 Å². The van der Waals surface area contributed by atoms with E-state index in [9.17, 15) is 23.2 Å². The van der Waals surface area contributed by atoms with Gasteiger partial charge in [-0.1, -0.05) is 0 Å². The Kier molecular flexibility index (Phi) is 11.1. The fourth-order valence-electron chi connectivity index (χ4n) is 7.14. The lowest BCUT2D eigenvalue weighted by Gasteiger charge is -2.34. The van der Waals surface area contributed by atoms with E-state index in [1.165, 1.54) is 21.6 Å². The molecule has 278 valence electrons. The van der Waals surface area contributed by atoms with Crippen molar-refractivity contribution in [3.8, 4) is 0 Å². The van der Waals surface area contributed by atoms with Crippen molar-refractivity contribution in [2.24, 2.45) is 11.8 Å². The summed E-state index contributed by atoms with van der Waals surface area (Å²) in [4.78, 5) is 49.4. The summed E-state index contributed by atoms with van der Waals surface area (Å²) < 4.78 is 42.2. The Balaban J connectivity index is 1.01. The maximum atomic E-state index is 14.1. The Morgan fingerprint density at radius 2 is 1.76 bits per heavy atom. The summed E-state index contributed by atoms with van der Waals surface area (Å²) in [6.45, 7) is 10.0. The van der Waals surface area contributed by atoms with Crippen LogP contribution in [0.2, 0.25) is 0 Å². The monoisotopic (exact) mass is 713 g/mol. The smallest absolute Gasteiger partial charge is 0.410 e. The van der Waals surface area contributed by atoms with E-state index in [-0.39, 0.29) is 35.2 Å². The lowest BCUT2D eigenvalue weighted by molar-refractivity contribution is -0.135. The normalized spacial score (nSPS) is 20.5. The third-order valence-electron chi connectivity index (χ3n) is 10.1. The Hall–Kier alpha value is -4.34. The molecule has 51 heavy (non-hydrogen) atoms. The summed E-state index contributed by atoms with van der Waals surface area (Å²) in [5, 5.41) is 11.0. The van der Waals surface area contributed by atoms with Gasteiger partial charge in [0, 0.05) is 58.1 Å². The van der Waals surface area contributed by atoms with Crippen LogP contribution >= 0.6 is 0 Å². The second-order valence-corrected chi connectivity index (χ2v) is 14.8. The van der Waals surface area contributed by atoms with E-state index in [1.807, 2.05) is 33.9 Å². The highest BCUT2D eigenvalue weighted by Gasteiger charge is 2.32. The van der Waals surface area contributed by atoms with Gasteiger partial charge in [-0.2, -0.15) is 10.2 Å². The van der Waals surface area contributed by atoms with Gasteiger partial charge < -0.3 is 29.5 Å². The van der Waals surface area contributed by atoms with Gasteiger partial charge in [0.15, 0.2) is 11.3 Å². The maximum Gasteiger partial charge on any atom is 0.410 e. The molecule has 14 nitrogen and oxygen atoms in total. The first-order valence-corrected chi connectivity index (χ1v) is 17.9. The van der Waals surface area contributed by atoms with Crippen LogP contribution in [-0.2, 0) is 14.3 Å². The molecule has 1 saturated carbocycles. The summed E-state index contributed by atoms with van der Waals surface area (Å²) in [5.41, 5.74) is -0.606. The molecule has 3 amide bonds. The third-order valence-corrected chi connectivity index (χ3v) is 10.1. The number of nitrogens with zero attached hydrogens (tertiary/aromatic N) is 8. The molecule has 2 saturated heterocycles. The second-order valence-electron chi connectivity index (χ2n) is 14.8. The van der Waals surface area contributed by atoms with Crippen LogP contribution in [0, 0.1) is 11.8 Å². The molecule has 2 aliphatic heterocycles. The quantitative estimate of drug-likeness (QED) is 0.318. The minimum atomic E-state index is -2.90. The minimum absolute atomic E-state index is 0.0615. The van der Waals surface area contributed by atoms with Crippen LogP contribution in [0.1, 0.15) is 94.2 Å². The second kappa shape index (κ2) is 15.5. The number of rotatable bonds is 9. The molecule has 6 rings (SSSR count). The molecule has 0 spiro atoms. The van der Waals surface area contributed by atoms with Crippen molar-refractivity contribution in [1.82, 2.24) is 34.2 Å². The highest BCUT2D eigenvalue weighted by molar-refractivity contribution is 6.08. The molecule has 3 aromatic rings. The number of carbonyl (C=O) groups excluding carboxylic acids is 3. The topological polar surface area (TPSA) is 139 Å². The average Bonchev–Trinajstić information content (AvgIpc) is 3.75. The first-order valence-electron chi connectivity index (χ1n) is 17.9. The lowest BCUT2D eigenvalue weighted by Crippen LogP contribution is -2.42. The lowest BCUT2D eigenvalue weighted by atomic mass is 9.85. The molecular weight excluding hydrogens is 664 g/mol. The number of halogens is 2. The molecule has 0 aromatic carbocycles.